The number of hydrogen-bond acceptors (Lipinski definition) is 6. The summed E-state index contributed by atoms with van der Waals surface area (Å²) in [6, 6.07) is 0. The molecule has 1 saturated heterocycles. The van der Waals surface area contributed by atoms with E-state index in [2.05, 4.69) is 5.32 Å². The summed E-state index contributed by atoms with van der Waals surface area (Å²) in [6.45, 7) is 1.63. The fourth-order valence-corrected chi connectivity index (χ4v) is 1.74. The van der Waals surface area contributed by atoms with Crippen molar-refractivity contribution in [1.82, 2.24) is 10.2 Å². The van der Waals surface area contributed by atoms with Crippen LogP contribution in [0.5, 0.6) is 0 Å². The van der Waals surface area contributed by atoms with Crippen molar-refractivity contribution in [3.63, 3.8) is 0 Å². The van der Waals surface area contributed by atoms with Crippen molar-refractivity contribution >= 4 is 12.3 Å². The van der Waals surface area contributed by atoms with Gasteiger partial charge < -0.3 is 19.8 Å². The van der Waals surface area contributed by atoms with Crippen molar-refractivity contribution < 1.29 is 24.5 Å². The summed E-state index contributed by atoms with van der Waals surface area (Å²) in [5.41, 5.74) is 0.427. The number of rotatable bonds is 5. The summed E-state index contributed by atoms with van der Waals surface area (Å²) in [4.78, 5) is 23.2. The average molecular weight is 274 g/mol. The normalized spacial score (nSPS) is 22.3. The summed E-state index contributed by atoms with van der Waals surface area (Å²) in [6.07, 6.45) is 3.34. The minimum absolute atomic E-state index is 0.0126. The lowest BCUT2D eigenvalue weighted by molar-refractivity contribution is -0.122. The molecular weight excluding hydrogens is 252 g/mol. The second kappa shape index (κ2) is 9.48. The van der Waals surface area contributed by atoms with E-state index in [4.69, 9.17) is 14.9 Å². The van der Waals surface area contributed by atoms with Gasteiger partial charge in [0.2, 0.25) is 6.41 Å². The van der Waals surface area contributed by atoms with Gasteiger partial charge in [0.25, 0.3) is 5.91 Å². The van der Waals surface area contributed by atoms with Crippen LogP contribution in [0.4, 0.5) is 0 Å². The van der Waals surface area contributed by atoms with Gasteiger partial charge in [-0.25, -0.2) is 0 Å². The van der Waals surface area contributed by atoms with Crippen LogP contribution in [0, 0.1) is 0 Å². The molecule has 0 radical (unpaired) electrons. The number of aliphatic hydroxyl groups is 2. The molecule has 0 aromatic rings. The summed E-state index contributed by atoms with van der Waals surface area (Å²) < 4.78 is 5.54. The summed E-state index contributed by atoms with van der Waals surface area (Å²) in [7, 11) is 2.79. The lowest BCUT2D eigenvalue weighted by Crippen LogP contribution is -2.30. The van der Waals surface area contributed by atoms with Crippen LogP contribution in [0.3, 0.4) is 0 Å². The largest absolute Gasteiger partial charge is 0.400 e. The first-order chi connectivity index (χ1) is 9.08. The van der Waals surface area contributed by atoms with Gasteiger partial charge in [-0.05, 0) is 19.8 Å². The van der Waals surface area contributed by atoms with Gasteiger partial charge in [-0.1, -0.05) is 0 Å². The quantitative estimate of drug-likeness (QED) is 0.448. The maximum Gasteiger partial charge on any atom is 0.254 e. The van der Waals surface area contributed by atoms with Gasteiger partial charge in [0, 0.05) is 25.9 Å². The number of imide groups is 1. The molecule has 1 aliphatic rings. The van der Waals surface area contributed by atoms with E-state index in [1.165, 1.54) is 0 Å². The Kier molecular flexibility index (Phi) is 8.77. The van der Waals surface area contributed by atoms with Crippen molar-refractivity contribution in [3.8, 4) is 0 Å². The number of nitrogens with one attached hydrogen (secondary N) is 1. The summed E-state index contributed by atoms with van der Waals surface area (Å²) in [5, 5.41) is 18.0. The van der Waals surface area contributed by atoms with Gasteiger partial charge in [-0.15, -0.1) is 0 Å². The first kappa shape index (κ1) is 17.6. The molecule has 2 amide bonds. The second-order valence-corrected chi connectivity index (χ2v) is 4.04. The molecular formula is C12H22N2O5. The predicted molar refractivity (Wildman–Crippen MR) is 68.9 cm³/mol. The summed E-state index contributed by atoms with van der Waals surface area (Å²) >= 11 is 0. The van der Waals surface area contributed by atoms with E-state index in [1.54, 1.807) is 25.1 Å². The molecule has 7 heteroatoms. The number of ether oxygens (including phenoxy) is 1. The molecule has 0 aromatic heterocycles. The Labute approximate surface area is 112 Å². The van der Waals surface area contributed by atoms with Crippen molar-refractivity contribution in [3.05, 3.63) is 11.8 Å². The predicted octanol–water partition coefficient (Wildman–Crippen LogP) is -0.799. The second-order valence-electron chi connectivity index (χ2n) is 4.04. The van der Waals surface area contributed by atoms with Crippen LogP contribution in [0.25, 0.3) is 0 Å². The lowest BCUT2D eigenvalue weighted by atomic mass is 10.2. The minimum atomic E-state index is -0.427. The number of nitrogens with zero attached hydrogens (tertiary/aromatic N) is 1. The molecule has 0 aliphatic carbocycles. The number of carbonyl (C=O) groups excluding carboxylic acids is 2. The Morgan fingerprint density at radius 2 is 2.11 bits per heavy atom. The molecule has 0 aromatic carbocycles. The Bertz CT molecular complexity index is 319. The topological polar surface area (TPSA) is 99.1 Å². The minimum Gasteiger partial charge on any atom is -0.400 e. The highest BCUT2D eigenvalue weighted by Crippen LogP contribution is 2.21. The molecule has 2 unspecified atom stereocenters. The highest BCUT2D eigenvalue weighted by atomic mass is 16.5. The number of carbonyl (C=O) groups is 2. The standard InChI is InChI=1S/C11H18N2O4.CH4O/c1-8(11(16)12-7-15)5-13(2)10-4-3-9(6-14)17-10;1-2/h5,7,9-10,14H,3-4,6H2,1-2H3,(H,12,15,16);2H,1H3/b8-5-;. The Morgan fingerprint density at radius 3 is 2.58 bits per heavy atom. The third-order valence-electron chi connectivity index (χ3n) is 2.69. The van der Waals surface area contributed by atoms with Crippen molar-refractivity contribution in [2.75, 3.05) is 20.8 Å². The third-order valence-corrected chi connectivity index (χ3v) is 2.69. The van der Waals surface area contributed by atoms with Crippen molar-refractivity contribution in [2.24, 2.45) is 0 Å². The van der Waals surface area contributed by atoms with E-state index in [9.17, 15) is 9.59 Å². The molecule has 3 N–H and O–H groups in total. The fourth-order valence-electron chi connectivity index (χ4n) is 1.74. The molecule has 110 valence electrons. The zero-order valence-corrected chi connectivity index (χ0v) is 11.5. The average Bonchev–Trinajstić information content (AvgIpc) is 2.90. The molecule has 2 atom stereocenters. The van der Waals surface area contributed by atoms with E-state index in [0.29, 0.717) is 12.0 Å². The Hall–Kier alpha value is -1.44. The van der Waals surface area contributed by atoms with Crippen LogP contribution in [0.15, 0.2) is 11.8 Å². The molecule has 0 bridgehead atoms. The van der Waals surface area contributed by atoms with E-state index in [-0.39, 0.29) is 18.9 Å². The van der Waals surface area contributed by atoms with Crippen LogP contribution in [-0.2, 0) is 14.3 Å². The zero-order valence-electron chi connectivity index (χ0n) is 11.5. The molecule has 1 aliphatic heterocycles. The lowest BCUT2D eigenvalue weighted by Gasteiger charge is -2.23. The van der Waals surface area contributed by atoms with Crippen LogP contribution in [0.1, 0.15) is 19.8 Å². The molecule has 0 spiro atoms. The first-order valence-corrected chi connectivity index (χ1v) is 5.94. The van der Waals surface area contributed by atoms with Gasteiger partial charge in [0.15, 0.2) is 0 Å². The Balaban J connectivity index is 0.00000154. The summed E-state index contributed by atoms with van der Waals surface area (Å²) in [5.74, 6) is -0.427. The van der Waals surface area contributed by atoms with E-state index in [0.717, 1.165) is 20.0 Å². The maximum absolute atomic E-state index is 11.3. The first-order valence-electron chi connectivity index (χ1n) is 5.94. The third kappa shape index (κ3) is 5.82. The molecule has 1 fully saturated rings. The number of amides is 2. The number of hydrogen-bond donors (Lipinski definition) is 3. The molecule has 19 heavy (non-hydrogen) atoms. The monoisotopic (exact) mass is 274 g/mol. The van der Waals surface area contributed by atoms with Gasteiger partial charge in [0.1, 0.15) is 6.23 Å². The fraction of sp³-hybridized carbons (Fsp3) is 0.667. The highest BCUT2D eigenvalue weighted by molar-refractivity contribution is 5.98. The van der Waals surface area contributed by atoms with Gasteiger partial charge in [-0.3, -0.25) is 14.9 Å². The maximum atomic E-state index is 11.3. The van der Waals surface area contributed by atoms with Crippen molar-refractivity contribution in [2.45, 2.75) is 32.1 Å². The van der Waals surface area contributed by atoms with E-state index >= 15 is 0 Å². The highest BCUT2D eigenvalue weighted by Gasteiger charge is 2.26. The number of aliphatic hydroxyl groups excluding tert-OH is 2. The molecule has 0 saturated carbocycles. The van der Waals surface area contributed by atoms with Crippen LogP contribution < -0.4 is 5.32 Å². The molecule has 1 rings (SSSR count). The van der Waals surface area contributed by atoms with Crippen molar-refractivity contribution in [1.29, 1.82) is 0 Å². The SMILES string of the molecule is C/C(=C/N(C)C1CCC(CO)O1)C(=O)NC=O.CO. The van der Waals surface area contributed by atoms with E-state index in [1.807, 2.05) is 0 Å². The molecule has 1 heterocycles. The van der Waals surface area contributed by atoms with Gasteiger partial charge >= 0.3 is 0 Å². The molecule has 7 nitrogen and oxygen atoms in total. The van der Waals surface area contributed by atoms with Crippen LogP contribution in [0.2, 0.25) is 0 Å². The van der Waals surface area contributed by atoms with Gasteiger partial charge in [-0.2, -0.15) is 0 Å². The van der Waals surface area contributed by atoms with Gasteiger partial charge in [0.05, 0.1) is 12.7 Å². The van der Waals surface area contributed by atoms with Crippen LogP contribution >= 0.6 is 0 Å². The zero-order chi connectivity index (χ0) is 14.8. The smallest absolute Gasteiger partial charge is 0.254 e. The Morgan fingerprint density at radius 1 is 1.47 bits per heavy atom. The van der Waals surface area contributed by atoms with E-state index < -0.39 is 5.91 Å². The van der Waals surface area contributed by atoms with Crippen LogP contribution in [-0.4, -0.2) is 60.5 Å².